The van der Waals surface area contributed by atoms with E-state index in [9.17, 15) is 67.4 Å². The number of hydrogen-bond donors (Lipinski definition) is 6. The van der Waals surface area contributed by atoms with E-state index < -0.39 is 75.1 Å². The highest BCUT2D eigenvalue weighted by atomic mass is 35.5. The third-order valence-electron chi connectivity index (χ3n) is 11.9. The number of benzene rings is 5. The van der Waals surface area contributed by atoms with Crippen LogP contribution in [0.4, 0.5) is 45.5 Å². The third-order valence-corrected chi connectivity index (χ3v) is 17.7. The van der Waals surface area contributed by atoms with Gasteiger partial charge in [-0.15, -0.1) is 44.0 Å². The molecule has 0 radical (unpaired) electrons. The van der Waals surface area contributed by atoms with E-state index in [0.29, 0.717) is 54.3 Å². The van der Waals surface area contributed by atoms with Crippen molar-refractivity contribution < 1.29 is 66.8 Å². The Hall–Kier alpha value is -6.87. The van der Waals surface area contributed by atoms with Crippen molar-refractivity contribution in [3.05, 3.63) is 111 Å². The number of pyridine rings is 1. The molecule has 7 aromatic rings. The zero-order valence-corrected chi connectivity index (χ0v) is 49.8. The fourth-order valence-corrected chi connectivity index (χ4v) is 12.4. The first-order valence-corrected chi connectivity index (χ1v) is 32.9. The van der Waals surface area contributed by atoms with Gasteiger partial charge in [0.2, 0.25) is 5.88 Å². The van der Waals surface area contributed by atoms with Crippen LogP contribution in [0.3, 0.4) is 0 Å². The Bertz CT molecular complexity index is 4310. The van der Waals surface area contributed by atoms with E-state index in [1.165, 1.54) is 48.6 Å². The van der Waals surface area contributed by atoms with Gasteiger partial charge in [0.1, 0.15) is 33.5 Å². The molecule has 0 aliphatic heterocycles. The molecule has 0 amide bonds. The number of rotatable bonds is 25. The lowest BCUT2D eigenvalue weighted by molar-refractivity contribution is 0.281. The van der Waals surface area contributed by atoms with Crippen molar-refractivity contribution in [2.75, 3.05) is 35.4 Å². The number of ether oxygens (including phenoxy) is 1. The minimum absolute atomic E-state index is 0.00936. The summed E-state index contributed by atoms with van der Waals surface area (Å²) in [5, 5.41) is 68.0. The van der Waals surface area contributed by atoms with E-state index >= 15 is 0 Å². The lowest BCUT2D eigenvalue weighted by Gasteiger charge is -2.12. The number of hydrogen-bond acceptors (Lipinski definition) is 23. The first kappa shape index (κ1) is 63.7. The number of nitrogens with zero attached hydrogens (tertiary/aromatic N) is 11. The van der Waals surface area contributed by atoms with E-state index in [2.05, 4.69) is 45.9 Å². The molecule has 83 heavy (non-hydrogen) atoms. The molecule has 5 aromatic carbocycles. The number of aryl methyl sites for hydroxylation is 3. The van der Waals surface area contributed by atoms with Crippen molar-refractivity contribution in [3.63, 3.8) is 0 Å². The Balaban J connectivity index is 1.27. The molecule has 0 saturated heterocycles. The van der Waals surface area contributed by atoms with Gasteiger partial charge in [0.15, 0.2) is 11.3 Å². The van der Waals surface area contributed by atoms with Gasteiger partial charge in [0, 0.05) is 26.4 Å². The zero-order valence-electron chi connectivity index (χ0n) is 44.1. The number of nitriles is 1. The lowest BCUT2D eigenvalue weighted by atomic mass is 10.1. The van der Waals surface area contributed by atoms with Crippen molar-refractivity contribution in [1.29, 1.82) is 5.26 Å². The van der Waals surface area contributed by atoms with Crippen LogP contribution in [-0.4, -0.2) is 107 Å². The van der Waals surface area contributed by atoms with E-state index in [1.54, 1.807) is 69.3 Å². The van der Waals surface area contributed by atoms with Crippen molar-refractivity contribution in [1.82, 2.24) is 9.38 Å². The average molecular weight is 1270 g/mol. The Morgan fingerprint density at radius 2 is 1.11 bits per heavy atom. The smallest absolute Gasteiger partial charge is 0.296 e. The predicted octanol–water partition coefficient (Wildman–Crippen LogP) is 12.7. The highest BCUT2D eigenvalue weighted by Crippen LogP contribution is 2.44. The van der Waals surface area contributed by atoms with Crippen molar-refractivity contribution >= 4 is 138 Å². The SMILES string of the molecule is Cc1cc(N=Nc2cc(SCCCS(=O)(=O)O)c(N=Nc3cc(OCCCS(=O)(=O)O)c(N=Nc4c(C)c(C#N)c5nc6c(S(=O)(=O)O)cc(CO)cc6n5c4O)cc3C)cc2C)c(SCCCS(=O)(=O)O)cc1N=Nc1ccc(Cl)cc1. The van der Waals surface area contributed by atoms with E-state index in [0.717, 1.165) is 10.5 Å². The van der Waals surface area contributed by atoms with Crippen LogP contribution >= 0.6 is 35.1 Å². The number of azo groups is 4. The Labute approximate surface area is 489 Å². The van der Waals surface area contributed by atoms with Crippen LogP contribution in [0, 0.1) is 39.0 Å². The molecule has 0 fully saturated rings. The Morgan fingerprint density at radius 1 is 0.627 bits per heavy atom. The van der Waals surface area contributed by atoms with Gasteiger partial charge in [-0.1, -0.05) is 11.6 Å². The summed E-state index contributed by atoms with van der Waals surface area (Å²) in [5.74, 6) is -1.91. The summed E-state index contributed by atoms with van der Waals surface area (Å²) < 4.78 is 139. The highest BCUT2D eigenvalue weighted by Gasteiger charge is 2.26. The predicted molar refractivity (Wildman–Crippen MR) is 311 cm³/mol. The second-order valence-corrected chi connectivity index (χ2v) is 27.0. The van der Waals surface area contributed by atoms with Gasteiger partial charge < -0.3 is 14.9 Å². The summed E-state index contributed by atoms with van der Waals surface area (Å²) in [5.41, 5.74) is 2.87. The summed E-state index contributed by atoms with van der Waals surface area (Å²) in [4.78, 5) is 4.59. The molecule has 438 valence electrons. The molecule has 0 atom stereocenters. The van der Waals surface area contributed by atoms with Crippen LogP contribution in [0.2, 0.25) is 5.02 Å². The minimum atomic E-state index is -4.93. The van der Waals surface area contributed by atoms with Gasteiger partial charge in [0.05, 0.1) is 70.1 Å². The summed E-state index contributed by atoms with van der Waals surface area (Å²) >= 11 is 8.47. The molecule has 0 aliphatic rings. The van der Waals surface area contributed by atoms with E-state index in [4.69, 9.17) is 16.3 Å². The summed E-state index contributed by atoms with van der Waals surface area (Å²) in [6.07, 6.45) is -0.0274. The second kappa shape index (κ2) is 26.8. The molecule has 2 heterocycles. The number of halogens is 1. The number of thioether (sulfide) groups is 2. The highest BCUT2D eigenvalue weighted by molar-refractivity contribution is 7.99. The molecule has 0 aliphatic carbocycles. The number of fused-ring (bicyclic) bond motifs is 3. The van der Waals surface area contributed by atoms with Gasteiger partial charge in [-0.05, 0) is 147 Å². The summed E-state index contributed by atoms with van der Waals surface area (Å²) in [6.45, 7) is 5.63. The third kappa shape index (κ3) is 17.1. The van der Waals surface area contributed by atoms with Crippen molar-refractivity contribution in [2.24, 2.45) is 40.9 Å². The molecule has 0 unspecified atom stereocenters. The number of aromatic hydroxyl groups is 1. The van der Waals surface area contributed by atoms with E-state index in [-0.39, 0.29) is 99.2 Å². The fourth-order valence-electron chi connectivity index (χ4n) is 7.78. The number of aromatic nitrogens is 2. The topological polar surface area (TPSA) is 407 Å². The van der Waals surface area contributed by atoms with Crippen LogP contribution in [0.25, 0.3) is 16.7 Å². The van der Waals surface area contributed by atoms with Gasteiger partial charge in [-0.2, -0.15) is 59.4 Å². The van der Waals surface area contributed by atoms with E-state index in [1.807, 2.05) is 6.07 Å². The average Bonchev–Trinajstić information content (AvgIpc) is 2.85. The maximum Gasteiger partial charge on any atom is 0.296 e. The van der Waals surface area contributed by atoms with Gasteiger partial charge >= 0.3 is 0 Å². The summed E-state index contributed by atoms with van der Waals surface area (Å²) in [7, 11) is -17.8. The van der Waals surface area contributed by atoms with Crippen LogP contribution in [0.15, 0.2) is 128 Å². The first-order chi connectivity index (χ1) is 39.0. The Kier molecular flexibility index (Phi) is 20.6. The zero-order chi connectivity index (χ0) is 60.6. The molecule has 0 spiro atoms. The first-order valence-electron chi connectivity index (χ1n) is 24.3. The quantitative estimate of drug-likeness (QED) is 0.0134. The van der Waals surface area contributed by atoms with Crippen LogP contribution in [0.5, 0.6) is 11.6 Å². The van der Waals surface area contributed by atoms with Crippen LogP contribution in [-0.2, 0) is 47.1 Å². The molecule has 33 heteroatoms. The normalized spacial score (nSPS) is 12.8. The summed E-state index contributed by atoms with van der Waals surface area (Å²) in [6, 6.07) is 20.6. The molecular formula is C50H50ClN11O15S6. The van der Waals surface area contributed by atoms with Crippen molar-refractivity contribution in [2.45, 2.75) is 68.3 Å². The molecule has 26 nitrogen and oxygen atoms in total. The van der Waals surface area contributed by atoms with Crippen LogP contribution in [0.1, 0.15) is 52.6 Å². The monoisotopic (exact) mass is 1270 g/mol. The molecular weight excluding hydrogens is 1220 g/mol. The lowest BCUT2D eigenvalue weighted by Crippen LogP contribution is -2.08. The standard InChI is InChI=1S/C50H50ClN11O15S6/c1-28-18-39(58-61-47-31(4)35(26-52)49-53-48-42(62(49)50(47)64)21-32(27-63)22-46(48)83(74,75)76)43(77-12-5-15-80(65,66)67)23-36(28)56-59-40-20-30(3)38(25-45(40)79-14-7-17-82(71,72)73)57-60-41-19-29(2)37(55-54-34-10-8-33(51)9-11-34)24-44(41)78-13-6-16-81(68,69)70/h8-11,18-25,63-64H,5-7,12-17,27H2,1-4H3,(H,65,66,67)(H,68,69,70)(H,71,72,73)(H,74,75,76). The number of aliphatic hydroxyl groups is 1. The Morgan fingerprint density at radius 3 is 1.61 bits per heavy atom. The largest absolute Gasteiger partial charge is 0.493 e. The molecule has 0 bridgehead atoms. The molecule has 0 saturated carbocycles. The minimum Gasteiger partial charge on any atom is -0.493 e. The molecule has 7 rings (SSSR count). The fraction of sp³-hybridized carbons (Fsp3) is 0.280. The van der Waals surface area contributed by atoms with Gasteiger partial charge in [-0.25, -0.2) is 4.98 Å². The maximum atomic E-state index is 12.4. The number of imidazole rings is 1. The van der Waals surface area contributed by atoms with Gasteiger partial charge in [0.25, 0.3) is 40.5 Å². The molecule has 2 aromatic heterocycles. The maximum absolute atomic E-state index is 12.4. The van der Waals surface area contributed by atoms with Gasteiger partial charge in [-0.3, -0.25) is 22.6 Å². The van der Waals surface area contributed by atoms with Crippen LogP contribution < -0.4 is 4.74 Å². The molecule has 6 N–H and O–H groups in total. The second-order valence-electron chi connectivity index (χ2n) is 18.2. The number of aliphatic hydroxyl groups excluding tert-OH is 1. The van der Waals surface area contributed by atoms with Crippen molar-refractivity contribution in [3.8, 4) is 17.7 Å².